The number of likely N-dealkylation sites (tertiary alicyclic amines) is 1. The zero-order valence-corrected chi connectivity index (χ0v) is 13.3. The summed E-state index contributed by atoms with van der Waals surface area (Å²) in [6.07, 6.45) is 0. The Morgan fingerprint density at radius 1 is 1.19 bits per heavy atom. The molecule has 1 aliphatic heterocycles. The quantitative estimate of drug-likeness (QED) is 0.862. The Labute approximate surface area is 131 Å². The average molecular weight is 342 g/mol. The molecule has 1 saturated heterocycles. The maximum Gasteiger partial charge on any atom is 0.263 e. The second-order valence-electron chi connectivity index (χ2n) is 4.81. The largest absolute Gasteiger partial charge is 0.335 e. The molecule has 110 valence electrons. The van der Waals surface area contributed by atoms with E-state index in [1.54, 1.807) is 29.2 Å². The van der Waals surface area contributed by atoms with Crippen LogP contribution >= 0.6 is 22.9 Å². The van der Waals surface area contributed by atoms with Crippen molar-refractivity contribution >= 4 is 38.7 Å². The van der Waals surface area contributed by atoms with Crippen molar-refractivity contribution in [3.8, 4) is 0 Å². The number of halogens is 1. The molecule has 0 aliphatic carbocycles. The zero-order valence-electron chi connectivity index (χ0n) is 10.9. The zero-order chi connectivity index (χ0) is 15.0. The second kappa shape index (κ2) is 5.44. The van der Waals surface area contributed by atoms with Crippen LogP contribution in [0.4, 0.5) is 0 Å². The summed E-state index contributed by atoms with van der Waals surface area (Å²) in [6.45, 7) is 0.476. The van der Waals surface area contributed by atoms with Gasteiger partial charge in [-0.2, -0.15) is 0 Å². The summed E-state index contributed by atoms with van der Waals surface area (Å²) in [7, 11) is -3.40. The van der Waals surface area contributed by atoms with E-state index >= 15 is 0 Å². The Morgan fingerprint density at radius 3 is 2.43 bits per heavy atom. The Balaban J connectivity index is 1.71. The fraction of sp³-hybridized carbons (Fsp3) is 0.214. The monoisotopic (exact) mass is 341 g/mol. The van der Waals surface area contributed by atoms with E-state index < -0.39 is 15.1 Å². The maximum atomic E-state index is 12.4. The Bertz CT molecular complexity index is 748. The van der Waals surface area contributed by atoms with Gasteiger partial charge in [-0.3, -0.25) is 4.79 Å². The minimum atomic E-state index is -3.40. The molecule has 0 bridgehead atoms. The number of amides is 1. The molecule has 2 aromatic rings. The predicted octanol–water partition coefficient (Wildman–Crippen LogP) is 2.70. The van der Waals surface area contributed by atoms with Crippen molar-refractivity contribution in [1.82, 2.24) is 4.90 Å². The second-order valence-corrected chi connectivity index (χ2v) is 8.42. The highest BCUT2D eigenvalue weighted by molar-refractivity contribution is 7.92. The summed E-state index contributed by atoms with van der Waals surface area (Å²) >= 11 is 7.12. The van der Waals surface area contributed by atoms with Crippen molar-refractivity contribution in [2.45, 2.75) is 10.1 Å². The number of carbonyl (C=O) groups excluding carboxylic acids is 1. The molecule has 1 fully saturated rings. The third-order valence-electron chi connectivity index (χ3n) is 3.45. The number of nitrogens with zero attached hydrogens (tertiary/aromatic N) is 1. The van der Waals surface area contributed by atoms with Gasteiger partial charge in [0.1, 0.15) is 5.25 Å². The van der Waals surface area contributed by atoms with E-state index in [2.05, 4.69) is 0 Å². The van der Waals surface area contributed by atoms with Gasteiger partial charge >= 0.3 is 0 Å². The standard InChI is InChI=1S/C14H12ClNO3S2/c15-10-3-5-11(6-4-10)21(18,19)12-8-16(9-12)14(17)13-2-1-7-20-13/h1-7,12H,8-9H2. The fourth-order valence-corrected chi connectivity index (χ4v) is 4.64. The van der Waals surface area contributed by atoms with Gasteiger partial charge in [-0.25, -0.2) is 8.42 Å². The van der Waals surface area contributed by atoms with Gasteiger partial charge in [0.2, 0.25) is 0 Å². The highest BCUT2D eigenvalue weighted by Gasteiger charge is 2.40. The van der Waals surface area contributed by atoms with E-state index in [4.69, 9.17) is 11.6 Å². The first-order valence-corrected chi connectivity index (χ1v) is 9.11. The summed E-state index contributed by atoms with van der Waals surface area (Å²) in [6, 6.07) is 9.67. The van der Waals surface area contributed by atoms with Crippen LogP contribution in [0, 0.1) is 0 Å². The molecule has 0 atom stereocenters. The topological polar surface area (TPSA) is 54.5 Å². The number of benzene rings is 1. The highest BCUT2D eigenvalue weighted by atomic mass is 35.5. The first-order chi connectivity index (χ1) is 9.98. The van der Waals surface area contributed by atoms with Crippen molar-refractivity contribution in [3.63, 3.8) is 0 Å². The van der Waals surface area contributed by atoms with Gasteiger partial charge in [0.15, 0.2) is 9.84 Å². The molecule has 1 aromatic heterocycles. The van der Waals surface area contributed by atoms with E-state index in [0.29, 0.717) is 9.90 Å². The van der Waals surface area contributed by atoms with Crippen LogP contribution in [0.1, 0.15) is 9.67 Å². The Hall–Kier alpha value is -1.37. The van der Waals surface area contributed by atoms with Crippen LogP contribution in [-0.2, 0) is 9.84 Å². The van der Waals surface area contributed by atoms with Crippen LogP contribution in [0.25, 0.3) is 0 Å². The fourth-order valence-electron chi connectivity index (χ4n) is 2.17. The molecule has 2 heterocycles. The summed E-state index contributed by atoms with van der Waals surface area (Å²) in [4.78, 5) is 14.5. The van der Waals surface area contributed by atoms with Gasteiger partial charge in [-0.1, -0.05) is 17.7 Å². The molecule has 0 N–H and O–H groups in total. The van der Waals surface area contributed by atoms with Gasteiger partial charge in [0, 0.05) is 18.1 Å². The molecule has 0 unspecified atom stereocenters. The SMILES string of the molecule is O=C(c1cccs1)N1CC(S(=O)(=O)c2ccc(Cl)cc2)C1. The molecular formula is C14H12ClNO3S2. The predicted molar refractivity (Wildman–Crippen MR) is 82.6 cm³/mol. The molecule has 7 heteroatoms. The molecule has 1 aromatic carbocycles. The average Bonchev–Trinajstić information content (AvgIpc) is 2.90. The van der Waals surface area contributed by atoms with E-state index in [9.17, 15) is 13.2 Å². The third-order valence-corrected chi connectivity index (χ3v) is 6.66. The normalized spacial score (nSPS) is 15.8. The number of rotatable bonds is 3. The van der Waals surface area contributed by atoms with Gasteiger partial charge in [0.25, 0.3) is 5.91 Å². The molecule has 3 rings (SSSR count). The van der Waals surface area contributed by atoms with Crippen LogP contribution in [0.3, 0.4) is 0 Å². The number of hydrogen-bond donors (Lipinski definition) is 0. The Kier molecular flexibility index (Phi) is 3.77. The Morgan fingerprint density at radius 2 is 1.86 bits per heavy atom. The third kappa shape index (κ3) is 2.71. The van der Waals surface area contributed by atoms with Crippen molar-refractivity contribution in [2.75, 3.05) is 13.1 Å². The van der Waals surface area contributed by atoms with Crippen LogP contribution in [0.15, 0.2) is 46.7 Å². The molecule has 21 heavy (non-hydrogen) atoms. The maximum absolute atomic E-state index is 12.4. The number of sulfone groups is 1. The summed E-state index contributed by atoms with van der Waals surface area (Å²) in [5, 5.41) is 1.79. The van der Waals surface area contributed by atoms with Gasteiger partial charge in [0.05, 0.1) is 9.77 Å². The molecule has 0 radical (unpaired) electrons. The lowest BCUT2D eigenvalue weighted by Crippen LogP contribution is -2.56. The van der Waals surface area contributed by atoms with Crippen molar-refractivity contribution in [3.05, 3.63) is 51.7 Å². The smallest absolute Gasteiger partial charge is 0.263 e. The minimum absolute atomic E-state index is 0.104. The van der Waals surface area contributed by atoms with Crippen molar-refractivity contribution < 1.29 is 13.2 Å². The lowest BCUT2D eigenvalue weighted by atomic mass is 10.2. The highest BCUT2D eigenvalue weighted by Crippen LogP contribution is 2.26. The lowest BCUT2D eigenvalue weighted by Gasteiger charge is -2.38. The molecule has 1 amide bonds. The molecule has 0 spiro atoms. The summed E-state index contributed by atoms with van der Waals surface area (Å²) in [5.74, 6) is -0.104. The van der Waals surface area contributed by atoms with Gasteiger partial charge < -0.3 is 4.90 Å². The van der Waals surface area contributed by atoms with Crippen molar-refractivity contribution in [1.29, 1.82) is 0 Å². The van der Waals surface area contributed by atoms with Gasteiger partial charge in [-0.15, -0.1) is 11.3 Å². The van der Waals surface area contributed by atoms with Crippen LogP contribution in [0.5, 0.6) is 0 Å². The van der Waals surface area contributed by atoms with E-state index in [-0.39, 0.29) is 23.9 Å². The van der Waals surface area contributed by atoms with Gasteiger partial charge in [-0.05, 0) is 35.7 Å². The van der Waals surface area contributed by atoms with Crippen molar-refractivity contribution in [2.24, 2.45) is 0 Å². The number of carbonyl (C=O) groups is 1. The molecule has 4 nitrogen and oxygen atoms in total. The first-order valence-electron chi connectivity index (χ1n) is 6.31. The van der Waals surface area contributed by atoms with Crippen LogP contribution < -0.4 is 0 Å². The lowest BCUT2D eigenvalue weighted by molar-refractivity contribution is 0.0664. The summed E-state index contributed by atoms with van der Waals surface area (Å²) < 4.78 is 24.8. The van der Waals surface area contributed by atoms with E-state index in [0.717, 1.165) is 0 Å². The number of thiophene rings is 1. The molecule has 0 saturated carbocycles. The van der Waals surface area contributed by atoms with Crippen LogP contribution in [-0.4, -0.2) is 37.6 Å². The van der Waals surface area contributed by atoms with E-state index in [1.807, 2.05) is 5.38 Å². The summed E-state index contributed by atoms with van der Waals surface area (Å²) in [5.41, 5.74) is 0. The molecular weight excluding hydrogens is 330 g/mol. The molecule has 1 aliphatic rings. The minimum Gasteiger partial charge on any atom is -0.335 e. The van der Waals surface area contributed by atoms with E-state index in [1.165, 1.54) is 23.5 Å². The van der Waals surface area contributed by atoms with Crippen LogP contribution in [0.2, 0.25) is 5.02 Å². The first kappa shape index (κ1) is 14.6. The number of hydrogen-bond acceptors (Lipinski definition) is 4.